The Morgan fingerprint density at radius 1 is 1.30 bits per heavy atom. The highest BCUT2D eigenvalue weighted by molar-refractivity contribution is 7.19. The number of anilines is 3. The molecule has 0 radical (unpaired) electrons. The van der Waals surface area contributed by atoms with Gasteiger partial charge in [-0.05, 0) is 31.0 Å². The Morgan fingerprint density at radius 3 is 2.80 bits per heavy atom. The summed E-state index contributed by atoms with van der Waals surface area (Å²) in [6.45, 7) is 1.18. The van der Waals surface area contributed by atoms with E-state index < -0.39 is 23.6 Å². The molecular formula is C20H19F2N5O2S. The number of pyridine rings is 1. The van der Waals surface area contributed by atoms with Crippen LogP contribution in [0.3, 0.4) is 0 Å². The molecule has 1 atom stereocenters. The maximum atomic E-state index is 14.1. The summed E-state index contributed by atoms with van der Waals surface area (Å²) >= 11 is 0.834. The first-order chi connectivity index (χ1) is 14.4. The number of piperidine rings is 1. The van der Waals surface area contributed by atoms with Crippen molar-refractivity contribution in [3.8, 4) is 10.6 Å². The fourth-order valence-electron chi connectivity index (χ4n) is 3.42. The van der Waals surface area contributed by atoms with Crippen LogP contribution in [0.15, 0.2) is 36.7 Å². The van der Waals surface area contributed by atoms with E-state index >= 15 is 0 Å². The second kappa shape index (κ2) is 8.33. The number of aliphatic hydroxyl groups excluding tert-OH is 1. The third-order valence-corrected chi connectivity index (χ3v) is 5.73. The highest BCUT2D eigenvalue weighted by atomic mass is 32.1. The van der Waals surface area contributed by atoms with Crippen LogP contribution < -0.4 is 16.0 Å². The van der Waals surface area contributed by atoms with Crippen LogP contribution in [0.25, 0.3) is 10.6 Å². The summed E-state index contributed by atoms with van der Waals surface area (Å²) in [5, 5.41) is 12.7. The molecule has 1 saturated heterocycles. The van der Waals surface area contributed by atoms with Crippen LogP contribution in [0.2, 0.25) is 0 Å². The summed E-state index contributed by atoms with van der Waals surface area (Å²) in [6.07, 6.45) is 4.21. The third-order valence-electron chi connectivity index (χ3n) is 4.83. The quantitative estimate of drug-likeness (QED) is 0.586. The molecule has 156 valence electrons. The number of carbonyl (C=O) groups is 1. The Kier molecular flexibility index (Phi) is 5.60. The van der Waals surface area contributed by atoms with Gasteiger partial charge in [-0.2, -0.15) is 0 Å². The van der Waals surface area contributed by atoms with E-state index in [0.29, 0.717) is 17.9 Å². The van der Waals surface area contributed by atoms with Crippen molar-refractivity contribution in [2.45, 2.75) is 18.9 Å². The van der Waals surface area contributed by atoms with E-state index in [-0.39, 0.29) is 21.3 Å². The van der Waals surface area contributed by atoms with Crippen LogP contribution in [0.1, 0.15) is 23.3 Å². The molecule has 10 heteroatoms. The molecule has 1 aliphatic heterocycles. The highest BCUT2D eigenvalue weighted by Crippen LogP contribution is 2.34. The monoisotopic (exact) mass is 431 g/mol. The topological polar surface area (TPSA) is 104 Å². The molecule has 1 aromatic carbocycles. The minimum absolute atomic E-state index is 0.0150. The number of rotatable bonds is 4. The van der Waals surface area contributed by atoms with Gasteiger partial charge in [0.05, 0.1) is 29.2 Å². The number of thiazole rings is 1. The molecule has 0 aliphatic carbocycles. The molecule has 0 saturated carbocycles. The Labute approximate surface area is 175 Å². The van der Waals surface area contributed by atoms with Crippen molar-refractivity contribution >= 4 is 33.6 Å². The molecule has 3 heterocycles. The number of nitrogens with zero attached hydrogens (tertiary/aromatic N) is 3. The summed E-state index contributed by atoms with van der Waals surface area (Å²) in [7, 11) is 0. The zero-order chi connectivity index (χ0) is 21.3. The zero-order valence-corrected chi connectivity index (χ0v) is 16.6. The summed E-state index contributed by atoms with van der Waals surface area (Å²) in [5.74, 6) is -2.18. The van der Waals surface area contributed by atoms with Gasteiger partial charge in [0.25, 0.3) is 5.91 Å². The van der Waals surface area contributed by atoms with E-state index in [1.807, 2.05) is 4.90 Å². The van der Waals surface area contributed by atoms with E-state index in [9.17, 15) is 18.7 Å². The third kappa shape index (κ3) is 3.96. The predicted octanol–water partition coefficient (Wildman–Crippen LogP) is 3.28. The number of nitrogen functional groups attached to an aromatic ring is 1. The first-order valence-corrected chi connectivity index (χ1v) is 10.1. The fraction of sp³-hybridized carbons (Fsp3) is 0.250. The van der Waals surface area contributed by atoms with Crippen molar-refractivity contribution in [2.75, 3.05) is 29.0 Å². The molecule has 4 rings (SSSR count). The zero-order valence-electron chi connectivity index (χ0n) is 15.8. The van der Waals surface area contributed by atoms with Crippen molar-refractivity contribution in [3.05, 3.63) is 54.0 Å². The fourth-order valence-corrected chi connectivity index (χ4v) is 4.30. The number of β-amino-alcohol motifs (C(OH)–C–C–N with tert-alkyl or cyclic N) is 1. The average molecular weight is 431 g/mol. The van der Waals surface area contributed by atoms with Crippen molar-refractivity contribution < 1.29 is 18.7 Å². The van der Waals surface area contributed by atoms with Gasteiger partial charge in [0, 0.05) is 19.3 Å². The van der Waals surface area contributed by atoms with E-state index in [0.717, 1.165) is 42.9 Å². The summed E-state index contributed by atoms with van der Waals surface area (Å²) in [5.41, 5.74) is 6.63. The number of hydrogen-bond acceptors (Lipinski definition) is 7. The lowest BCUT2D eigenvalue weighted by Crippen LogP contribution is -2.38. The first-order valence-electron chi connectivity index (χ1n) is 9.33. The Balaban J connectivity index is 1.61. The maximum Gasteiger partial charge on any atom is 0.277 e. The molecule has 2 aromatic heterocycles. The van der Waals surface area contributed by atoms with E-state index in [1.165, 1.54) is 12.3 Å². The van der Waals surface area contributed by atoms with Gasteiger partial charge in [0.15, 0.2) is 5.69 Å². The summed E-state index contributed by atoms with van der Waals surface area (Å²) in [4.78, 5) is 22.9. The van der Waals surface area contributed by atoms with Gasteiger partial charge in [-0.25, -0.2) is 13.8 Å². The molecule has 30 heavy (non-hydrogen) atoms. The SMILES string of the molecule is Nc1sc(-c2c(F)cccc2F)nc1C(=O)Nc1cnccc1N1CCCC(O)C1. The van der Waals surface area contributed by atoms with Gasteiger partial charge >= 0.3 is 0 Å². The number of benzene rings is 1. The smallest absolute Gasteiger partial charge is 0.277 e. The van der Waals surface area contributed by atoms with Crippen LogP contribution in [0.4, 0.5) is 25.2 Å². The first kappa shape index (κ1) is 20.2. The van der Waals surface area contributed by atoms with Crippen LogP contribution in [0.5, 0.6) is 0 Å². The van der Waals surface area contributed by atoms with Crippen molar-refractivity contribution in [3.63, 3.8) is 0 Å². The predicted molar refractivity (Wildman–Crippen MR) is 112 cm³/mol. The lowest BCUT2D eigenvalue weighted by Gasteiger charge is -2.33. The van der Waals surface area contributed by atoms with E-state index in [4.69, 9.17) is 5.73 Å². The van der Waals surface area contributed by atoms with Gasteiger partial charge in [0.1, 0.15) is 21.6 Å². The molecule has 1 aliphatic rings. The number of nitrogens with one attached hydrogen (secondary N) is 1. The summed E-state index contributed by atoms with van der Waals surface area (Å²) in [6, 6.07) is 5.23. The number of aromatic nitrogens is 2. The number of aliphatic hydroxyl groups is 1. The molecule has 4 N–H and O–H groups in total. The van der Waals surface area contributed by atoms with Crippen LogP contribution in [-0.2, 0) is 0 Å². The lowest BCUT2D eigenvalue weighted by atomic mass is 10.1. The van der Waals surface area contributed by atoms with Gasteiger partial charge < -0.3 is 21.1 Å². The normalized spacial score (nSPS) is 16.5. The second-order valence-electron chi connectivity index (χ2n) is 6.92. The Hall–Kier alpha value is -3.11. The molecular weight excluding hydrogens is 412 g/mol. The van der Waals surface area contributed by atoms with E-state index in [1.54, 1.807) is 12.3 Å². The van der Waals surface area contributed by atoms with Gasteiger partial charge in [-0.1, -0.05) is 17.4 Å². The maximum absolute atomic E-state index is 14.1. The van der Waals surface area contributed by atoms with Crippen LogP contribution in [-0.4, -0.2) is 40.2 Å². The van der Waals surface area contributed by atoms with Crippen molar-refractivity contribution in [1.82, 2.24) is 9.97 Å². The molecule has 0 bridgehead atoms. The second-order valence-corrected chi connectivity index (χ2v) is 7.95. The Morgan fingerprint density at radius 2 is 2.07 bits per heavy atom. The minimum Gasteiger partial charge on any atom is -0.391 e. The molecule has 7 nitrogen and oxygen atoms in total. The van der Waals surface area contributed by atoms with Gasteiger partial charge in [-0.3, -0.25) is 9.78 Å². The highest BCUT2D eigenvalue weighted by Gasteiger charge is 2.24. The lowest BCUT2D eigenvalue weighted by molar-refractivity contribution is 0.102. The number of carbonyl (C=O) groups excluding carboxylic acids is 1. The summed E-state index contributed by atoms with van der Waals surface area (Å²) < 4.78 is 28.1. The van der Waals surface area contributed by atoms with Gasteiger partial charge in [-0.15, -0.1) is 0 Å². The number of halogens is 2. The molecule has 1 fully saturated rings. The standard InChI is InChI=1S/C20H19F2N5O2S/c21-12-4-1-5-13(22)16(12)20-26-17(18(23)30-20)19(29)25-14-9-24-7-6-15(14)27-8-2-3-11(28)10-27/h1,4-7,9,11,28H,2-3,8,10,23H2,(H,25,29). The number of nitrogens with two attached hydrogens (primary N) is 1. The number of hydrogen-bond donors (Lipinski definition) is 3. The number of amides is 1. The largest absolute Gasteiger partial charge is 0.391 e. The van der Waals surface area contributed by atoms with Crippen LogP contribution >= 0.6 is 11.3 Å². The molecule has 3 aromatic rings. The van der Waals surface area contributed by atoms with Gasteiger partial charge in [0.2, 0.25) is 0 Å². The van der Waals surface area contributed by atoms with Crippen molar-refractivity contribution in [1.29, 1.82) is 0 Å². The van der Waals surface area contributed by atoms with E-state index in [2.05, 4.69) is 15.3 Å². The minimum atomic E-state index is -0.783. The molecule has 1 unspecified atom stereocenters. The molecule has 1 amide bonds. The van der Waals surface area contributed by atoms with Crippen molar-refractivity contribution in [2.24, 2.45) is 0 Å². The molecule has 0 spiro atoms. The Bertz CT molecular complexity index is 1070. The van der Waals surface area contributed by atoms with Crippen LogP contribution in [0, 0.1) is 11.6 Å². The average Bonchev–Trinajstić information content (AvgIpc) is 3.09.